The number of pyridine rings is 1. The van der Waals surface area contributed by atoms with Crippen LogP contribution in [0.2, 0.25) is 5.02 Å². The summed E-state index contributed by atoms with van der Waals surface area (Å²) in [5.41, 5.74) is 0.305. The third-order valence-electron chi connectivity index (χ3n) is 5.21. The lowest BCUT2D eigenvalue weighted by Crippen LogP contribution is -2.37. The summed E-state index contributed by atoms with van der Waals surface area (Å²) in [7, 11) is 1.67. The molecule has 35 heavy (non-hydrogen) atoms. The fourth-order valence-electron chi connectivity index (χ4n) is 3.52. The predicted molar refractivity (Wildman–Crippen MR) is 128 cm³/mol. The van der Waals surface area contributed by atoms with Gasteiger partial charge in [0.2, 0.25) is 0 Å². The Morgan fingerprint density at radius 3 is 2.57 bits per heavy atom. The molecule has 0 aliphatic carbocycles. The summed E-state index contributed by atoms with van der Waals surface area (Å²) in [5.74, 6) is -0.0649. The van der Waals surface area contributed by atoms with E-state index in [9.17, 15) is 22.8 Å². The van der Waals surface area contributed by atoms with Gasteiger partial charge in [0.15, 0.2) is 11.9 Å². The number of likely N-dealkylation sites (N-methyl/N-ethyl adjacent to an activating group) is 1. The number of rotatable bonds is 6. The molecule has 11 heteroatoms. The molecule has 0 aliphatic heterocycles. The minimum Gasteiger partial charge on any atom is -0.481 e. The molecule has 0 radical (unpaired) electrons. The molecular weight excluding hydrogens is 503 g/mol. The highest BCUT2D eigenvalue weighted by Gasteiger charge is 2.32. The lowest BCUT2D eigenvalue weighted by Gasteiger charge is -2.22. The van der Waals surface area contributed by atoms with Crippen LogP contribution in [-0.4, -0.2) is 33.5 Å². The van der Waals surface area contributed by atoms with Gasteiger partial charge in [-0.2, -0.15) is 13.2 Å². The van der Waals surface area contributed by atoms with Gasteiger partial charge >= 0.3 is 11.0 Å². The monoisotopic (exact) mass is 521 g/mol. The summed E-state index contributed by atoms with van der Waals surface area (Å²) in [6.45, 7) is 2.03. The lowest BCUT2D eigenvalue weighted by molar-refractivity contribution is -0.138. The molecule has 182 valence electrons. The van der Waals surface area contributed by atoms with Gasteiger partial charge < -0.3 is 9.64 Å². The van der Waals surface area contributed by atoms with Gasteiger partial charge in [-0.15, -0.1) is 0 Å². The molecule has 6 nitrogen and oxygen atoms in total. The van der Waals surface area contributed by atoms with Crippen LogP contribution in [0.25, 0.3) is 16.0 Å². The minimum atomic E-state index is -4.62. The molecule has 1 atom stereocenters. The Morgan fingerprint density at radius 1 is 1.20 bits per heavy atom. The largest absolute Gasteiger partial charge is 0.481 e. The van der Waals surface area contributed by atoms with Crippen molar-refractivity contribution in [2.24, 2.45) is 0 Å². The Hall–Kier alpha value is -3.37. The van der Waals surface area contributed by atoms with Gasteiger partial charge in [-0.05, 0) is 30.7 Å². The number of carbonyl (C=O) groups excluding carboxylic acids is 1. The Morgan fingerprint density at radius 2 is 1.91 bits per heavy atom. The van der Waals surface area contributed by atoms with Gasteiger partial charge in [-0.3, -0.25) is 9.59 Å². The average molecular weight is 522 g/mol. The molecule has 2 aromatic carbocycles. The van der Waals surface area contributed by atoms with E-state index in [2.05, 4.69) is 4.98 Å². The van der Waals surface area contributed by atoms with Gasteiger partial charge in [0, 0.05) is 25.9 Å². The van der Waals surface area contributed by atoms with E-state index < -0.39 is 22.7 Å². The van der Waals surface area contributed by atoms with Crippen molar-refractivity contribution in [3.8, 4) is 11.6 Å². The van der Waals surface area contributed by atoms with Crippen LogP contribution in [0.5, 0.6) is 5.75 Å². The summed E-state index contributed by atoms with van der Waals surface area (Å²) in [5, 5.41) is -0.320. The zero-order valence-corrected chi connectivity index (χ0v) is 20.1. The maximum atomic E-state index is 13.0. The number of aromatic nitrogens is 2. The molecule has 1 amide bonds. The number of ether oxygens (including phenoxy) is 1. The Bertz CT molecular complexity index is 1440. The van der Waals surface area contributed by atoms with Crippen molar-refractivity contribution in [3.05, 3.63) is 86.6 Å². The Kier molecular flexibility index (Phi) is 6.86. The summed E-state index contributed by atoms with van der Waals surface area (Å²) in [4.78, 5) is 30.3. The van der Waals surface area contributed by atoms with Crippen molar-refractivity contribution in [3.63, 3.8) is 0 Å². The van der Waals surface area contributed by atoms with Crippen molar-refractivity contribution in [1.29, 1.82) is 0 Å². The van der Waals surface area contributed by atoms with Crippen LogP contribution in [-0.2, 0) is 17.5 Å². The molecule has 0 aliphatic rings. The van der Waals surface area contributed by atoms with Gasteiger partial charge in [0.1, 0.15) is 5.75 Å². The molecule has 2 aromatic heterocycles. The topological polar surface area (TPSA) is 64.4 Å². The van der Waals surface area contributed by atoms with Gasteiger partial charge in [0.05, 0.1) is 20.8 Å². The van der Waals surface area contributed by atoms with E-state index in [0.717, 1.165) is 27.5 Å². The highest BCUT2D eigenvalue weighted by molar-refractivity contribution is 7.16. The maximum Gasteiger partial charge on any atom is 0.417 e. The van der Waals surface area contributed by atoms with E-state index in [4.69, 9.17) is 16.3 Å². The molecule has 0 saturated heterocycles. The smallest absolute Gasteiger partial charge is 0.417 e. The van der Waals surface area contributed by atoms with Crippen LogP contribution in [0.4, 0.5) is 13.2 Å². The number of thiazole rings is 1. The number of fused-ring (bicyclic) bond motifs is 1. The van der Waals surface area contributed by atoms with E-state index >= 15 is 0 Å². The number of halogens is 4. The molecule has 0 saturated carbocycles. The molecule has 4 aromatic rings. The minimum absolute atomic E-state index is 0.125. The summed E-state index contributed by atoms with van der Waals surface area (Å²) in [6.07, 6.45) is -4.82. The summed E-state index contributed by atoms with van der Waals surface area (Å²) >= 11 is 6.96. The second-order valence-electron chi connectivity index (χ2n) is 7.80. The number of carbonyl (C=O) groups is 1. The predicted octanol–water partition coefficient (Wildman–Crippen LogP) is 5.55. The SMILES string of the molecule is CC(Oc1ccc2sc(=O)n(-c3ncc(C(F)(F)F)cc3Cl)c2c1)C(=O)N(C)Cc1ccccc1. The zero-order chi connectivity index (χ0) is 25.3. The van der Waals surface area contributed by atoms with Crippen LogP contribution in [0, 0.1) is 0 Å². The number of hydrogen-bond donors (Lipinski definition) is 0. The van der Waals surface area contributed by atoms with E-state index in [0.29, 0.717) is 28.7 Å². The highest BCUT2D eigenvalue weighted by Crippen LogP contribution is 2.33. The molecule has 0 fully saturated rings. The summed E-state index contributed by atoms with van der Waals surface area (Å²) in [6, 6.07) is 15.0. The number of amides is 1. The first-order chi connectivity index (χ1) is 16.5. The standard InChI is InChI=1S/C24H19ClF3N3O3S/c1-14(22(32)30(2)13-15-6-4-3-5-7-15)34-17-8-9-20-19(11-17)31(23(33)35-20)21-18(25)10-16(12-29-21)24(26,27)28/h3-12,14H,13H2,1-2H3. The fourth-order valence-corrected chi connectivity index (χ4v) is 4.63. The number of alkyl halides is 3. The number of nitrogens with zero attached hydrogens (tertiary/aromatic N) is 3. The molecular formula is C24H19ClF3N3O3S. The third kappa shape index (κ3) is 5.33. The van der Waals surface area contributed by atoms with Crippen molar-refractivity contribution in [2.75, 3.05) is 7.05 Å². The maximum absolute atomic E-state index is 13.0. The van der Waals surface area contributed by atoms with E-state index in [1.807, 2.05) is 30.3 Å². The van der Waals surface area contributed by atoms with Crippen molar-refractivity contribution in [2.45, 2.75) is 25.7 Å². The number of hydrogen-bond acceptors (Lipinski definition) is 5. The Labute approximate surface area is 207 Å². The van der Waals surface area contributed by atoms with E-state index in [1.54, 1.807) is 31.0 Å². The normalized spacial score (nSPS) is 12.5. The first kappa shape index (κ1) is 24.7. The van der Waals surface area contributed by atoms with Crippen LogP contribution in [0.1, 0.15) is 18.1 Å². The van der Waals surface area contributed by atoms with Gasteiger partial charge in [-0.25, -0.2) is 9.55 Å². The molecule has 0 bridgehead atoms. The zero-order valence-electron chi connectivity index (χ0n) is 18.5. The van der Waals surface area contributed by atoms with E-state index in [1.165, 1.54) is 6.07 Å². The molecule has 2 heterocycles. The molecule has 0 spiro atoms. The highest BCUT2D eigenvalue weighted by atomic mass is 35.5. The van der Waals surface area contributed by atoms with Crippen molar-refractivity contribution < 1.29 is 22.7 Å². The van der Waals surface area contributed by atoms with Crippen LogP contribution < -0.4 is 9.61 Å². The van der Waals surface area contributed by atoms with Crippen LogP contribution >= 0.6 is 22.9 Å². The average Bonchev–Trinajstić information content (AvgIpc) is 3.13. The van der Waals surface area contributed by atoms with Gasteiger partial charge in [-0.1, -0.05) is 53.3 Å². The van der Waals surface area contributed by atoms with Crippen molar-refractivity contribution in [1.82, 2.24) is 14.5 Å². The number of benzene rings is 2. The second-order valence-corrected chi connectivity index (χ2v) is 9.20. The summed E-state index contributed by atoms with van der Waals surface area (Å²) < 4.78 is 46.5. The van der Waals surface area contributed by atoms with Gasteiger partial charge in [0.25, 0.3) is 5.91 Å². The van der Waals surface area contributed by atoms with Crippen LogP contribution in [0.15, 0.2) is 65.6 Å². The van der Waals surface area contributed by atoms with Crippen LogP contribution in [0.3, 0.4) is 0 Å². The van der Waals surface area contributed by atoms with E-state index in [-0.39, 0.29) is 16.7 Å². The first-order valence-electron chi connectivity index (χ1n) is 10.4. The first-order valence-corrected chi connectivity index (χ1v) is 11.6. The fraction of sp³-hybridized carbons (Fsp3) is 0.208. The molecule has 0 N–H and O–H groups in total. The third-order valence-corrected chi connectivity index (χ3v) is 6.41. The second kappa shape index (κ2) is 9.71. The quantitative estimate of drug-likeness (QED) is 0.334. The molecule has 1 unspecified atom stereocenters. The Balaban J connectivity index is 1.60. The lowest BCUT2D eigenvalue weighted by atomic mass is 10.2. The van der Waals surface area contributed by atoms with Crippen molar-refractivity contribution >= 4 is 39.1 Å². The molecule has 4 rings (SSSR count).